The number of benzene rings is 2. The molecule has 32 heavy (non-hydrogen) atoms. The van der Waals surface area contributed by atoms with Gasteiger partial charge in [-0.15, -0.1) is 11.8 Å². The molecule has 2 aromatic rings. The Morgan fingerprint density at radius 1 is 1.03 bits per heavy atom. The van der Waals surface area contributed by atoms with Gasteiger partial charge in [0.15, 0.2) is 0 Å². The lowest BCUT2D eigenvalue weighted by Crippen LogP contribution is -2.63. The Balaban J connectivity index is 1.32. The maximum atomic E-state index is 12.7. The Morgan fingerprint density at radius 2 is 1.66 bits per heavy atom. The van der Waals surface area contributed by atoms with Gasteiger partial charge in [-0.05, 0) is 41.5 Å². The average Bonchev–Trinajstić information content (AvgIpc) is 3.08. The number of carboxylic acids is 1. The highest BCUT2D eigenvalue weighted by atomic mass is 32.2. The molecule has 2 amide bonds. The third-order valence-corrected chi connectivity index (χ3v) is 7.03. The zero-order valence-electron chi connectivity index (χ0n) is 17.6. The maximum absolute atomic E-state index is 12.7. The molecule has 1 saturated carbocycles. The first-order chi connectivity index (χ1) is 15.5. The second-order valence-corrected chi connectivity index (χ2v) is 9.19. The highest BCUT2D eigenvalue weighted by Gasteiger charge is 2.46. The minimum absolute atomic E-state index is 0.000979. The summed E-state index contributed by atoms with van der Waals surface area (Å²) in [6.07, 6.45) is 1.38. The summed E-state index contributed by atoms with van der Waals surface area (Å²) in [5, 5.41) is 14.3. The fourth-order valence-corrected chi connectivity index (χ4v) is 4.90. The lowest BCUT2D eigenvalue weighted by atomic mass is 9.76. The van der Waals surface area contributed by atoms with Crippen molar-refractivity contribution >= 4 is 29.7 Å². The molecule has 0 bridgehead atoms. The predicted molar refractivity (Wildman–Crippen MR) is 123 cm³/mol. The molecule has 7 nitrogen and oxygen atoms in total. The van der Waals surface area contributed by atoms with Crippen LogP contribution in [-0.2, 0) is 14.3 Å². The minimum Gasteiger partial charge on any atom is -0.481 e. The normalized spacial score (nSPS) is 15.8. The van der Waals surface area contributed by atoms with E-state index in [1.54, 1.807) is 0 Å². The number of carbonyl (C=O) groups is 3. The number of nitrogens with one attached hydrogen (secondary N) is 2. The molecule has 0 unspecified atom stereocenters. The van der Waals surface area contributed by atoms with E-state index >= 15 is 0 Å². The van der Waals surface area contributed by atoms with Gasteiger partial charge in [0.2, 0.25) is 5.91 Å². The Hall–Kier alpha value is -3.00. The van der Waals surface area contributed by atoms with Gasteiger partial charge in [-0.3, -0.25) is 9.59 Å². The first-order valence-electron chi connectivity index (χ1n) is 10.7. The van der Waals surface area contributed by atoms with Gasteiger partial charge in [0.05, 0.1) is 5.75 Å². The molecule has 0 aromatic heterocycles. The zero-order valence-corrected chi connectivity index (χ0v) is 18.5. The lowest BCUT2D eigenvalue weighted by Gasteiger charge is -2.40. The van der Waals surface area contributed by atoms with Gasteiger partial charge < -0.3 is 20.5 Å². The van der Waals surface area contributed by atoms with Crippen molar-refractivity contribution in [2.75, 3.05) is 24.7 Å². The largest absolute Gasteiger partial charge is 0.481 e. The molecule has 0 atom stereocenters. The van der Waals surface area contributed by atoms with Gasteiger partial charge in [0.25, 0.3) is 0 Å². The molecule has 1 fully saturated rings. The summed E-state index contributed by atoms with van der Waals surface area (Å²) in [6.45, 7) is 0.550. The number of hydrogen-bond acceptors (Lipinski definition) is 5. The molecule has 4 rings (SSSR count). The zero-order chi connectivity index (χ0) is 22.6. The van der Waals surface area contributed by atoms with Crippen LogP contribution in [0.5, 0.6) is 0 Å². The number of rotatable bonds is 9. The Labute approximate surface area is 190 Å². The van der Waals surface area contributed by atoms with Crippen LogP contribution in [0.25, 0.3) is 11.1 Å². The van der Waals surface area contributed by atoms with Crippen LogP contribution in [0.3, 0.4) is 0 Å². The van der Waals surface area contributed by atoms with E-state index in [9.17, 15) is 14.4 Å². The Morgan fingerprint density at radius 3 is 2.22 bits per heavy atom. The number of hydrogen-bond donors (Lipinski definition) is 3. The van der Waals surface area contributed by atoms with E-state index in [-0.39, 0.29) is 24.2 Å². The molecule has 0 aliphatic heterocycles. The first-order valence-corrected chi connectivity index (χ1v) is 11.9. The van der Waals surface area contributed by atoms with Crippen LogP contribution in [0.2, 0.25) is 0 Å². The minimum atomic E-state index is -0.944. The predicted octanol–water partition coefficient (Wildman–Crippen LogP) is 3.38. The quantitative estimate of drug-likeness (QED) is 0.502. The Kier molecular flexibility index (Phi) is 6.69. The first kappa shape index (κ1) is 22.2. The fourth-order valence-electron chi connectivity index (χ4n) is 4.33. The van der Waals surface area contributed by atoms with E-state index in [1.807, 2.05) is 24.3 Å². The highest BCUT2D eigenvalue weighted by molar-refractivity contribution is 7.99. The van der Waals surface area contributed by atoms with Crippen molar-refractivity contribution < 1.29 is 24.2 Å². The standard InChI is InChI=1S/C24H26N2O5S/c27-21(28)15-32-13-12-25-22(29)24(10-5-11-24)26-23(30)31-14-20-18-8-3-1-6-16(18)17-7-2-4-9-19(17)20/h1-4,6-9,20H,5,10-15H2,(H,25,29)(H,26,30)(H,27,28). The molecule has 2 aliphatic carbocycles. The molecule has 168 valence electrons. The number of carboxylic acid groups (broad SMARTS) is 1. The summed E-state index contributed by atoms with van der Waals surface area (Å²) in [4.78, 5) is 35.8. The van der Waals surface area contributed by atoms with Crippen molar-refractivity contribution in [2.24, 2.45) is 0 Å². The number of aliphatic carboxylic acids is 1. The third-order valence-electron chi connectivity index (χ3n) is 6.08. The van der Waals surface area contributed by atoms with Crippen molar-refractivity contribution in [1.29, 1.82) is 0 Å². The van der Waals surface area contributed by atoms with Crippen molar-refractivity contribution in [2.45, 2.75) is 30.7 Å². The van der Waals surface area contributed by atoms with Crippen molar-refractivity contribution in [3.05, 3.63) is 59.7 Å². The van der Waals surface area contributed by atoms with Crippen LogP contribution in [0, 0.1) is 0 Å². The van der Waals surface area contributed by atoms with E-state index < -0.39 is 17.6 Å². The molecule has 2 aliphatic rings. The highest BCUT2D eigenvalue weighted by Crippen LogP contribution is 2.44. The van der Waals surface area contributed by atoms with Crippen molar-refractivity contribution in [3.63, 3.8) is 0 Å². The summed E-state index contributed by atoms with van der Waals surface area (Å²) in [7, 11) is 0. The molecule has 0 heterocycles. The maximum Gasteiger partial charge on any atom is 0.408 e. The van der Waals surface area contributed by atoms with Crippen LogP contribution < -0.4 is 10.6 Å². The second kappa shape index (κ2) is 9.65. The number of thioether (sulfide) groups is 1. The number of alkyl carbamates (subject to hydrolysis) is 1. The molecule has 2 aromatic carbocycles. The smallest absolute Gasteiger partial charge is 0.408 e. The van der Waals surface area contributed by atoms with Gasteiger partial charge in [-0.1, -0.05) is 48.5 Å². The lowest BCUT2D eigenvalue weighted by molar-refractivity contribution is -0.134. The van der Waals surface area contributed by atoms with Crippen LogP contribution in [0.4, 0.5) is 4.79 Å². The Bertz CT molecular complexity index is 975. The fraction of sp³-hybridized carbons (Fsp3) is 0.375. The van der Waals surface area contributed by atoms with E-state index in [0.29, 0.717) is 25.1 Å². The molecule has 8 heteroatoms. The summed E-state index contributed by atoms with van der Waals surface area (Å²) in [5.41, 5.74) is 3.65. The second-order valence-electron chi connectivity index (χ2n) is 8.09. The summed E-state index contributed by atoms with van der Waals surface area (Å²) in [5.74, 6) is -0.662. The van der Waals surface area contributed by atoms with Crippen LogP contribution in [-0.4, -0.2) is 53.3 Å². The van der Waals surface area contributed by atoms with E-state index in [4.69, 9.17) is 9.84 Å². The van der Waals surface area contributed by atoms with E-state index in [1.165, 1.54) is 11.8 Å². The van der Waals surface area contributed by atoms with Crippen molar-refractivity contribution in [3.8, 4) is 11.1 Å². The number of amides is 2. The van der Waals surface area contributed by atoms with E-state index in [2.05, 4.69) is 34.9 Å². The van der Waals surface area contributed by atoms with Gasteiger partial charge in [0, 0.05) is 18.2 Å². The SMILES string of the molecule is O=C(O)CSCCNC(=O)C1(NC(=O)OCC2c3ccccc3-c3ccccc32)CCC1. The summed E-state index contributed by atoms with van der Waals surface area (Å²) < 4.78 is 5.59. The van der Waals surface area contributed by atoms with Gasteiger partial charge >= 0.3 is 12.1 Å². The van der Waals surface area contributed by atoms with Crippen LogP contribution in [0.1, 0.15) is 36.3 Å². The van der Waals surface area contributed by atoms with Gasteiger partial charge in [0.1, 0.15) is 12.1 Å². The summed E-state index contributed by atoms with van der Waals surface area (Å²) in [6, 6.07) is 16.3. The molecule has 0 radical (unpaired) electrons. The van der Waals surface area contributed by atoms with Gasteiger partial charge in [-0.25, -0.2) is 4.79 Å². The molecule has 0 saturated heterocycles. The average molecular weight is 455 g/mol. The van der Waals surface area contributed by atoms with E-state index in [0.717, 1.165) is 28.7 Å². The van der Waals surface area contributed by atoms with Gasteiger partial charge in [-0.2, -0.15) is 0 Å². The summed E-state index contributed by atoms with van der Waals surface area (Å²) >= 11 is 1.24. The monoisotopic (exact) mass is 454 g/mol. The topological polar surface area (TPSA) is 105 Å². The third kappa shape index (κ3) is 4.60. The van der Waals surface area contributed by atoms with Crippen LogP contribution >= 0.6 is 11.8 Å². The molecular weight excluding hydrogens is 428 g/mol. The van der Waals surface area contributed by atoms with Crippen LogP contribution in [0.15, 0.2) is 48.5 Å². The molecule has 0 spiro atoms. The molecule has 3 N–H and O–H groups in total. The number of fused-ring (bicyclic) bond motifs is 3. The molecular formula is C24H26N2O5S. The van der Waals surface area contributed by atoms with Crippen molar-refractivity contribution in [1.82, 2.24) is 10.6 Å². The number of ether oxygens (including phenoxy) is 1. The number of carbonyl (C=O) groups excluding carboxylic acids is 2.